The van der Waals surface area contributed by atoms with Crippen molar-refractivity contribution >= 4 is 28.6 Å². The fourth-order valence-electron chi connectivity index (χ4n) is 3.21. The summed E-state index contributed by atoms with van der Waals surface area (Å²) in [6.45, 7) is 0. The van der Waals surface area contributed by atoms with Crippen molar-refractivity contribution in [1.82, 2.24) is 9.88 Å². The standard InChI is InChI=1S/C21H16N2O3/c24-19-11-6-12-20(25)23(19)21(26)16-13-18(14-7-2-1-3-8-14)22-17-10-5-4-9-15(16)17/h1-5,7-10,13H,6,11-12H2. The van der Waals surface area contributed by atoms with Crippen LogP contribution in [0.4, 0.5) is 0 Å². The smallest absolute Gasteiger partial charge is 0.268 e. The molecule has 4 rings (SSSR count). The molecule has 3 aromatic rings. The van der Waals surface area contributed by atoms with Gasteiger partial charge in [-0.1, -0.05) is 48.5 Å². The van der Waals surface area contributed by atoms with Crippen molar-refractivity contribution in [2.24, 2.45) is 0 Å². The van der Waals surface area contributed by atoms with E-state index >= 15 is 0 Å². The molecule has 5 heteroatoms. The highest BCUT2D eigenvalue weighted by Gasteiger charge is 2.33. The van der Waals surface area contributed by atoms with Crippen molar-refractivity contribution in [1.29, 1.82) is 0 Å². The van der Waals surface area contributed by atoms with E-state index in [1.807, 2.05) is 48.5 Å². The number of aromatic nitrogens is 1. The Morgan fingerprint density at radius 3 is 2.27 bits per heavy atom. The molecular formula is C21H16N2O3. The van der Waals surface area contributed by atoms with Gasteiger partial charge in [-0.2, -0.15) is 0 Å². The summed E-state index contributed by atoms with van der Waals surface area (Å²) in [5, 5.41) is 0.628. The van der Waals surface area contributed by atoms with Crippen molar-refractivity contribution in [3.8, 4) is 11.3 Å². The summed E-state index contributed by atoms with van der Waals surface area (Å²) < 4.78 is 0. The first-order chi connectivity index (χ1) is 12.6. The number of carbonyl (C=O) groups excluding carboxylic acids is 3. The van der Waals surface area contributed by atoms with E-state index in [4.69, 9.17) is 0 Å². The lowest BCUT2D eigenvalue weighted by atomic mass is 10.0. The molecule has 0 unspecified atom stereocenters. The number of imide groups is 3. The molecule has 0 atom stereocenters. The summed E-state index contributed by atoms with van der Waals surface area (Å²) in [4.78, 5) is 42.9. The van der Waals surface area contributed by atoms with Gasteiger partial charge in [0, 0.05) is 23.8 Å². The third-order valence-corrected chi connectivity index (χ3v) is 4.50. The fraction of sp³-hybridized carbons (Fsp3) is 0.143. The van der Waals surface area contributed by atoms with Crippen LogP contribution in [-0.4, -0.2) is 27.6 Å². The average Bonchev–Trinajstić information content (AvgIpc) is 2.67. The normalized spacial score (nSPS) is 14.7. The van der Waals surface area contributed by atoms with Gasteiger partial charge < -0.3 is 0 Å². The number of nitrogens with zero attached hydrogens (tertiary/aromatic N) is 2. The van der Waals surface area contributed by atoms with Gasteiger partial charge in [0.25, 0.3) is 5.91 Å². The zero-order valence-electron chi connectivity index (χ0n) is 14.0. The molecule has 1 fully saturated rings. The maximum absolute atomic E-state index is 13.1. The molecule has 0 radical (unpaired) electrons. The molecule has 1 saturated heterocycles. The minimum Gasteiger partial charge on any atom is -0.274 e. The first-order valence-corrected chi connectivity index (χ1v) is 8.50. The molecule has 26 heavy (non-hydrogen) atoms. The predicted octanol–water partition coefficient (Wildman–Crippen LogP) is 3.58. The molecule has 2 aromatic carbocycles. The van der Waals surface area contributed by atoms with Crippen LogP contribution in [0.2, 0.25) is 0 Å². The van der Waals surface area contributed by atoms with Gasteiger partial charge >= 0.3 is 0 Å². The number of hydrogen-bond acceptors (Lipinski definition) is 4. The molecule has 0 saturated carbocycles. The minimum atomic E-state index is -0.574. The summed E-state index contributed by atoms with van der Waals surface area (Å²) in [5.74, 6) is -1.45. The molecule has 0 spiro atoms. The van der Waals surface area contributed by atoms with E-state index in [1.165, 1.54) is 0 Å². The lowest BCUT2D eigenvalue weighted by Gasteiger charge is -2.23. The molecule has 0 N–H and O–H groups in total. The monoisotopic (exact) mass is 344 g/mol. The predicted molar refractivity (Wildman–Crippen MR) is 97.2 cm³/mol. The van der Waals surface area contributed by atoms with Crippen LogP contribution in [0.5, 0.6) is 0 Å². The average molecular weight is 344 g/mol. The second-order valence-corrected chi connectivity index (χ2v) is 6.22. The van der Waals surface area contributed by atoms with Crippen molar-refractivity contribution in [3.05, 3.63) is 66.2 Å². The number of para-hydroxylation sites is 1. The molecule has 1 aromatic heterocycles. The molecule has 128 valence electrons. The number of fused-ring (bicyclic) bond motifs is 1. The quantitative estimate of drug-likeness (QED) is 0.667. The summed E-state index contributed by atoms with van der Waals surface area (Å²) in [5.41, 5.74) is 2.46. The van der Waals surface area contributed by atoms with E-state index < -0.39 is 17.7 Å². The molecule has 1 aliphatic rings. The molecular weight excluding hydrogens is 328 g/mol. The van der Waals surface area contributed by atoms with Crippen LogP contribution in [0.1, 0.15) is 29.6 Å². The number of pyridine rings is 1. The maximum Gasteiger partial charge on any atom is 0.268 e. The molecule has 1 aliphatic heterocycles. The van der Waals surface area contributed by atoms with Crippen molar-refractivity contribution < 1.29 is 14.4 Å². The van der Waals surface area contributed by atoms with E-state index in [2.05, 4.69) is 4.98 Å². The van der Waals surface area contributed by atoms with E-state index in [0.717, 1.165) is 10.5 Å². The van der Waals surface area contributed by atoms with Crippen molar-refractivity contribution in [2.75, 3.05) is 0 Å². The summed E-state index contributed by atoms with van der Waals surface area (Å²) >= 11 is 0. The van der Waals surface area contributed by atoms with Gasteiger partial charge in [0.2, 0.25) is 11.8 Å². The molecule has 0 bridgehead atoms. The number of likely N-dealkylation sites (tertiary alicyclic amines) is 1. The Labute approximate surface area is 150 Å². The van der Waals surface area contributed by atoms with Gasteiger partial charge in [-0.15, -0.1) is 0 Å². The largest absolute Gasteiger partial charge is 0.274 e. The van der Waals surface area contributed by atoms with Crippen LogP contribution >= 0.6 is 0 Å². The van der Waals surface area contributed by atoms with Crippen LogP contribution < -0.4 is 0 Å². The topological polar surface area (TPSA) is 67.3 Å². The van der Waals surface area contributed by atoms with Crippen LogP contribution in [0, 0.1) is 0 Å². The van der Waals surface area contributed by atoms with Gasteiger partial charge in [-0.25, -0.2) is 9.88 Å². The van der Waals surface area contributed by atoms with Crippen LogP contribution in [-0.2, 0) is 9.59 Å². The van der Waals surface area contributed by atoms with Crippen LogP contribution in [0.25, 0.3) is 22.2 Å². The number of hydrogen-bond donors (Lipinski definition) is 0. The van der Waals surface area contributed by atoms with E-state index in [1.54, 1.807) is 12.1 Å². The van der Waals surface area contributed by atoms with E-state index in [9.17, 15) is 14.4 Å². The Balaban J connectivity index is 1.89. The van der Waals surface area contributed by atoms with Gasteiger partial charge in [-0.3, -0.25) is 14.4 Å². The third-order valence-electron chi connectivity index (χ3n) is 4.50. The highest BCUT2D eigenvalue weighted by molar-refractivity contribution is 6.21. The third kappa shape index (κ3) is 2.77. The Hall–Kier alpha value is -3.34. The number of rotatable bonds is 2. The second kappa shape index (κ2) is 6.52. The zero-order valence-corrected chi connectivity index (χ0v) is 14.0. The number of piperidine rings is 1. The highest BCUT2D eigenvalue weighted by atomic mass is 16.2. The lowest BCUT2D eigenvalue weighted by molar-refractivity contribution is -0.144. The van der Waals surface area contributed by atoms with Gasteiger partial charge in [0.05, 0.1) is 16.8 Å². The minimum absolute atomic E-state index is 0.214. The van der Waals surface area contributed by atoms with Crippen LogP contribution in [0.15, 0.2) is 60.7 Å². The van der Waals surface area contributed by atoms with Crippen molar-refractivity contribution in [2.45, 2.75) is 19.3 Å². The summed E-state index contributed by atoms with van der Waals surface area (Å²) in [6, 6.07) is 18.4. The Bertz CT molecular complexity index is 1010. The first kappa shape index (κ1) is 16.1. The SMILES string of the molecule is O=C1CCCC(=O)N1C(=O)c1cc(-c2ccccc2)nc2ccccc12. The first-order valence-electron chi connectivity index (χ1n) is 8.50. The molecule has 2 heterocycles. The second-order valence-electron chi connectivity index (χ2n) is 6.22. The van der Waals surface area contributed by atoms with Gasteiger partial charge in [0.15, 0.2) is 0 Å². The molecule has 0 aliphatic carbocycles. The van der Waals surface area contributed by atoms with E-state index in [-0.39, 0.29) is 12.8 Å². The Morgan fingerprint density at radius 2 is 1.54 bits per heavy atom. The zero-order chi connectivity index (χ0) is 18.1. The highest BCUT2D eigenvalue weighted by Crippen LogP contribution is 2.27. The number of amides is 3. The van der Waals surface area contributed by atoms with Gasteiger partial charge in [0.1, 0.15) is 0 Å². The summed E-state index contributed by atoms with van der Waals surface area (Å²) in [6.07, 6.45) is 0.923. The Morgan fingerprint density at radius 1 is 0.885 bits per heavy atom. The maximum atomic E-state index is 13.1. The molecule has 5 nitrogen and oxygen atoms in total. The van der Waals surface area contributed by atoms with Gasteiger partial charge in [-0.05, 0) is 18.6 Å². The lowest BCUT2D eigenvalue weighted by Crippen LogP contribution is -2.44. The van der Waals surface area contributed by atoms with Crippen LogP contribution in [0.3, 0.4) is 0 Å². The number of benzene rings is 2. The fourth-order valence-corrected chi connectivity index (χ4v) is 3.21. The number of carbonyl (C=O) groups is 3. The van der Waals surface area contributed by atoms with E-state index in [0.29, 0.717) is 28.6 Å². The summed E-state index contributed by atoms with van der Waals surface area (Å²) in [7, 11) is 0. The molecule has 3 amide bonds. The Kier molecular flexibility index (Phi) is 4.05. The van der Waals surface area contributed by atoms with Crippen molar-refractivity contribution in [3.63, 3.8) is 0 Å².